The predicted molar refractivity (Wildman–Crippen MR) is 105 cm³/mol. The van der Waals surface area contributed by atoms with E-state index in [1.54, 1.807) is 20.8 Å². The molecule has 2 amide bonds. The highest BCUT2D eigenvalue weighted by Gasteiger charge is 2.32. The van der Waals surface area contributed by atoms with Crippen LogP contribution in [0.25, 0.3) is 0 Å². The number of aryl methyl sites for hydroxylation is 3. The van der Waals surface area contributed by atoms with Gasteiger partial charge in [0.2, 0.25) is 0 Å². The maximum atomic E-state index is 12.8. The van der Waals surface area contributed by atoms with E-state index in [4.69, 9.17) is 4.74 Å². The van der Waals surface area contributed by atoms with Gasteiger partial charge in [-0.1, -0.05) is 13.8 Å². The van der Waals surface area contributed by atoms with Crippen molar-refractivity contribution >= 4 is 38.9 Å². The third-order valence-corrected chi connectivity index (χ3v) is 6.82. The van der Waals surface area contributed by atoms with Crippen molar-refractivity contribution < 1.29 is 22.7 Å². The number of nitrogens with one attached hydrogen (secondary N) is 2. The van der Waals surface area contributed by atoms with Crippen LogP contribution in [-0.4, -0.2) is 31.3 Å². The van der Waals surface area contributed by atoms with Gasteiger partial charge >= 0.3 is 0 Å². The van der Waals surface area contributed by atoms with Gasteiger partial charge in [-0.15, -0.1) is 11.3 Å². The first-order valence-electron chi connectivity index (χ1n) is 8.63. The molecule has 2 N–H and O–H groups in total. The van der Waals surface area contributed by atoms with Gasteiger partial charge in [-0.05, 0) is 38.3 Å². The molecule has 0 bridgehead atoms. The first kappa shape index (κ1) is 20.3. The molecule has 1 aliphatic heterocycles. The largest absolute Gasteiger partial charge is 0.478 e. The average Bonchev–Trinajstić information content (AvgIpc) is 2.91. The topological polar surface area (TPSA) is 114 Å². The molecule has 1 aliphatic rings. The van der Waals surface area contributed by atoms with Gasteiger partial charge in [0.05, 0.1) is 21.3 Å². The lowest BCUT2D eigenvalue weighted by Gasteiger charge is -2.29. The molecule has 0 spiro atoms. The Bertz CT molecular complexity index is 1070. The van der Waals surface area contributed by atoms with Crippen LogP contribution in [0, 0.1) is 26.7 Å². The van der Waals surface area contributed by atoms with E-state index in [9.17, 15) is 18.0 Å². The molecular formula is C18H21N3O5S2. The number of hydrogen-bond acceptors (Lipinski definition) is 7. The predicted octanol–water partition coefficient (Wildman–Crippen LogP) is 2.54. The number of benzene rings is 1. The van der Waals surface area contributed by atoms with E-state index < -0.39 is 22.0 Å². The van der Waals surface area contributed by atoms with Crippen LogP contribution in [-0.2, 0) is 14.8 Å². The molecule has 0 fully saturated rings. The average molecular weight is 424 g/mol. The number of rotatable bonds is 4. The van der Waals surface area contributed by atoms with Gasteiger partial charge in [0.1, 0.15) is 10.6 Å². The Labute approximate surface area is 167 Å². The number of hydrogen-bond donors (Lipinski definition) is 2. The summed E-state index contributed by atoms with van der Waals surface area (Å²) in [5.41, 5.74) is 1.25. The van der Waals surface area contributed by atoms with Crippen molar-refractivity contribution in [2.24, 2.45) is 5.92 Å². The van der Waals surface area contributed by atoms with Crippen molar-refractivity contribution in [3.8, 4) is 5.75 Å². The van der Waals surface area contributed by atoms with E-state index in [0.29, 0.717) is 22.0 Å². The number of ether oxygens (including phenoxy) is 1. The van der Waals surface area contributed by atoms with E-state index >= 15 is 0 Å². The number of amides is 2. The summed E-state index contributed by atoms with van der Waals surface area (Å²) >= 11 is 1.13. The maximum Gasteiger partial charge on any atom is 0.276 e. The van der Waals surface area contributed by atoms with Crippen LogP contribution in [0.4, 0.5) is 5.69 Å². The summed E-state index contributed by atoms with van der Waals surface area (Å²) in [6, 6.07) is 2.85. The standard InChI is InChI=1S/C18H21N3O5S2/c1-8(2)15-17(22)20-12-6-9(3)14(7-13(12)26-15)28(24,25)21-18(23)16-10(4)19-11(5)27-16/h6-8,15H,1-5H3,(H,20,22)(H,21,23)/t15-/m1/s1. The van der Waals surface area contributed by atoms with Crippen molar-refractivity contribution in [3.63, 3.8) is 0 Å². The smallest absolute Gasteiger partial charge is 0.276 e. The molecule has 1 aromatic carbocycles. The molecule has 150 valence electrons. The third kappa shape index (κ3) is 3.74. The Morgan fingerprint density at radius 1 is 1.29 bits per heavy atom. The number of aromatic nitrogens is 1. The van der Waals surface area contributed by atoms with Gasteiger partial charge in [-0.2, -0.15) is 0 Å². The van der Waals surface area contributed by atoms with Crippen LogP contribution in [0.15, 0.2) is 17.0 Å². The van der Waals surface area contributed by atoms with Crippen molar-refractivity contribution in [1.29, 1.82) is 0 Å². The van der Waals surface area contributed by atoms with E-state index in [1.807, 2.05) is 13.8 Å². The number of fused-ring (bicyclic) bond motifs is 1. The van der Waals surface area contributed by atoms with Crippen molar-refractivity contribution in [2.75, 3.05) is 5.32 Å². The molecule has 3 rings (SSSR count). The van der Waals surface area contributed by atoms with E-state index in [2.05, 4.69) is 15.0 Å². The molecular weight excluding hydrogens is 402 g/mol. The zero-order valence-corrected chi connectivity index (χ0v) is 17.7. The summed E-state index contributed by atoms with van der Waals surface area (Å²) in [6.45, 7) is 8.65. The molecule has 2 heterocycles. The summed E-state index contributed by atoms with van der Waals surface area (Å²) in [5.74, 6) is -0.843. The zero-order valence-electron chi connectivity index (χ0n) is 16.1. The summed E-state index contributed by atoms with van der Waals surface area (Å²) in [5, 5.41) is 3.41. The minimum atomic E-state index is -4.14. The molecule has 1 atom stereocenters. The normalized spacial score (nSPS) is 16.4. The molecule has 1 aromatic heterocycles. The van der Waals surface area contributed by atoms with Gasteiger partial charge < -0.3 is 10.1 Å². The highest BCUT2D eigenvalue weighted by molar-refractivity contribution is 7.90. The quantitative estimate of drug-likeness (QED) is 0.781. The second-order valence-corrected chi connectivity index (χ2v) is 9.82. The number of carbonyl (C=O) groups is 2. The lowest BCUT2D eigenvalue weighted by Crippen LogP contribution is -2.40. The highest BCUT2D eigenvalue weighted by atomic mass is 32.2. The van der Waals surface area contributed by atoms with Crippen molar-refractivity contribution in [3.05, 3.63) is 33.3 Å². The molecule has 0 saturated heterocycles. The van der Waals surface area contributed by atoms with Crippen LogP contribution in [0.2, 0.25) is 0 Å². The summed E-state index contributed by atoms with van der Waals surface area (Å²) in [4.78, 5) is 28.9. The molecule has 0 aliphatic carbocycles. The summed E-state index contributed by atoms with van der Waals surface area (Å²) in [7, 11) is -4.14. The Kier molecular flexibility index (Phi) is 5.20. The van der Waals surface area contributed by atoms with Crippen LogP contribution in [0.3, 0.4) is 0 Å². The van der Waals surface area contributed by atoms with Gasteiger partial charge in [0.25, 0.3) is 21.8 Å². The lowest BCUT2D eigenvalue weighted by molar-refractivity contribution is -0.125. The van der Waals surface area contributed by atoms with Crippen LogP contribution in [0.1, 0.15) is 39.8 Å². The fourth-order valence-corrected chi connectivity index (χ4v) is 5.03. The minimum absolute atomic E-state index is 0.0860. The Hall–Kier alpha value is -2.46. The van der Waals surface area contributed by atoms with E-state index in [1.165, 1.54) is 12.1 Å². The monoisotopic (exact) mass is 423 g/mol. The molecule has 28 heavy (non-hydrogen) atoms. The fraction of sp³-hybridized carbons (Fsp3) is 0.389. The minimum Gasteiger partial charge on any atom is -0.478 e. The molecule has 0 radical (unpaired) electrons. The molecule has 0 saturated carbocycles. The second-order valence-electron chi connectivity index (χ2n) is 6.97. The van der Waals surface area contributed by atoms with Crippen molar-refractivity contribution in [2.45, 2.75) is 45.6 Å². The molecule has 2 aromatic rings. The zero-order chi connectivity index (χ0) is 20.8. The van der Waals surface area contributed by atoms with Gasteiger partial charge in [-0.3, -0.25) is 9.59 Å². The van der Waals surface area contributed by atoms with Gasteiger partial charge in [0.15, 0.2) is 6.10 Å². The SMILES string of the molecule is Cc1nc(C)c(C(=O)NS(=O)(=O)c2cc3c(cc2C)NC(=O)[C@@H](C(C)C)O3)s1. The Morgan fingerprint density at radius 3 is 2.54 bits per heavy atom. The van der Waals surface area contributed by atoms with Gasteiger partial charge in [-0.25, -0.2) is 18.1 Å². The van der Waals surface area contributed by atoms with Crippen molar-refractivity contribution in [1.82, 2.24) is 9.71 Å². The van der Waals surface area contributed by atoms with Crippen LogP contribution >= 0.6 is 11.3 Å². The number of carbonyl (C=O) groups excluding carboxylic acids is 2. The molecule has 10 heteroatoms. The van der Waals surface area contributed by atoms with Crippen LogP contribution in [0.5, 0.6) is 5.75 Å². The number of sulfonamides is 1. The third-order valence-electron chi connectivity index (χ3n) is 4.28. The molecule has 8 nitrogen and oxygen atoms in total. The molecule has 0 unspecified atom stereocenters. The summed E-state index contributed by atoms with van der Waals surface area (Å²) in [6.07, 6.45) is -0.719. The Morgan fingerprint density at radius 2 is 1.96 bits per heavy atom. The maximum absolute atomic E-state index is 12.8. The first-order chi connectivity index (χ1) is 13.0. The Balaban J connectivity index is 1.94. The van der Waals surface area contributed by atoms with Gasteiger partial charge in [0, 0.05) is 6.07 Å². The summed E-state index contributed by atoms with van der Waals surface area (Å²) < 4.78 is 33.5. The number of nitrogens with zero attached hydrogens (tertiary/aromatic N) is 1. The van der Waals surface area contributed by atoms with E-state index in [-0.39, 0.29) is 27.3 Å². The fourth-order valence-electron chi connectivity index (χ4n) is 2.95. The van der Waals surface area contributed by atoms with Crippen LogP contribution < -0.4 is 14.8 Å². The lowest BCUT2D eigenvalue weighted by atomic mass is 10.0. The highest BCUT2D eigenvalue weighted by Crippen LogP contribution is 2.35. The number of anilines is 1. The van der Waals surface area contributed by atoms with E-state index in [0.717, 1.165) is 11.3 Å². The first-order valence-corrected chi connectivity index (χ1v) is 10.9. The number of thiazole rings is 1. The second kappa shape index (κ2) is 7.17.